The molecule has 0 saturated heterocycles. The molecule has 1 heterocycles. The SMILES string of the molecule is CC(C)CC1=CC(=O)N(C(N)=O)C1=O. The van der Waals surface area contributed by atoms with Gasteiger partial charge in [-0.3, -0.25) is 9.59 Å². The van der Waals surface area contributed by atoms with Crippen LogP contribution in [0, 0.1) is 5.92 Å². The first kappa shape index (κ1) is 10.4. The van der Waals surface area contributed by atoms with Gasteiger partial charge in [0.1, 0.15) is 0 Å². The normalized spacial score (nSPS) is 16.5. The van der Waals surface area contributed by atoms with Crippen LogP contribution < -0.4 is 5.73 Å². The number of urea groups is 1. The fourth-order valence-electron chi connectivity index (χ4n) is 1.31. The van der Waals surface area contributed by atoms with Crippen LogP contribution in [0.1, 0.15) is 20.3 Å². The Kier molecular flexibility index (Phi) is 2.69. The molecule has 0 radical (unpaired) electrons. The van der Waals surface area contributed by atoms with Crippen molar-refractivity contribution in [1.82, 2.24) is 4.90 Å². The van der Waals surface area contributed by atoms with Crippen molar-refractivity contribution in [3.63, 3.8) is 0 Å². The highest BCUT2D eigenvalue weighted by atomic mass is 16.2. The van der Waals surface area contributed by atoms with Crippen molar-refractivity contribution in [2.45, 2.75) is 20.3 Å². The maximum Gasteiger partial charge on any atom is 0.328 e. The van der Waals surface area contributed by atoms with Gasteiger partial charge in [0, 0.05) is 11.6 Å². The van der Waals surface area contributed by atoms with Crippen molar-refractivity contribution in [3.05, 3.63) is 11.6 Å². The van der Waals surface area contributed by atoms with Crippen LogP contribution in [0.25, 0.3) is 0 Å². The molecule has 5 nitrogen and oxygen atoms in total. The summed E-state index contributed by atoms with van der Waals surface area (Å²) in [6, 6.07) is -1.02. The molecule has 1 rings (SSSR count). The van der Waals surface area contributed by atoms with E-state index in [9.17, 15) is 14.4 Å². The minimum absolute atomic E-state index is 0.255. The van der Waals surface area contributed by atoms with Gasteiger partial charge in [-0.2, -0.15) is 4.90 Å². The van der Waals surface area contributed by atoms with Gasteiger partial charge in [-0.1, -0.05) is 13.8 Å². The monoisotopic (exact) mass is 196 g/mol. The van der Waals surface area contributed by atoms with Crippen LogP contribution in [0.2, 0.25) is 0 Å². The predicted molar refractivity (Wildman–Crippen MR) is 49.0 cm³/mol. The van der Waals surface area contributed by atoms with E-state index in [2.05, 4.69) is 0 Å². The van der Waals surface area contributed by atoms with Gasteiger partial charge in [0.05, 0.1) is 0 Å². The number of nitrogens with two attached hydrogens (primary N) is 1. The molecule has 2 N–H and O–H groups in total. The largest absolute Gasteiger partial charge is 0.351 e. The van der Waals surface area contributed by atoms with E-state index in [-0.39, 0.29) is 5.92 Å². The third kappa shape index (κ3) is 1.81. The number of hydrogen-bond acceptors (Lipinski definition) is 3. The standard InChI is InChI=1S/C9H12N2O3/c1-5(2)3-6-4-7(12)11(8(6)13)9(10)14/h4-5H,3H2,1-2H3,(H2,10,14). The fraction of sp³-hybridized carbons (Fsp3) is 0.444. The minimum Gasteiger partial charge on any atom is -0.351 e. The first-order valence-corrected chi connectivity index (χ1v) is 4.32. The quantitative estimate of drug-likeness (QED) is 0.649. The number of amides is 4. The zero-order valence-electron chi connectivity index (χ0n) is 8.11. The van der Waals surface area contributed by atoms with E-state index in [1.165, 1.54) is 6.08 Å². The number of nitrogens with zero attached hydrogens (tertiary/aromatic N) is 1. The lowest BCUT2D eigenvalue weighted by Gasteiger charge is -2.09. The second-order valence-corrected chi connectivity index (χ2v) is 3.58. The van der Waals surface area contributed by atoms with Gasteiger partial charge in [0.2, 0.25) is 0 Å². The molecular weight excluding hydrogens is 184 g/mol. The number of hydrogen-bond donors (Lipinski definition) is 1. The molecule has 0 atom stereocenters. The molecule has 0 unspecified atom stereocenters. The minimum atomic E-state index is -1.02. The average Bonchev–Trinajstić information content (AvgIpc) is 2.25. The summed E-state index contributed by atoms with van der Waals surface area (Å²) in [4.78, 5) is 33.8. The summed E-state index contributed by atoms with van der Waals surface area (Å²) >= 11 is 0. The smallest absolute Gasteiger partial charge is 0.328 e. The van der Waals surface area contributed by atoms with Crippen molar-refractivity contribution in [1.29, 1.82) is 0 Å². The Morgan fingerprint density at radius 2 is 2.07 bits per heavy atom. The van der Waals surface area contributed by atoms with Crippen molar-refractivity contribution in [2.75, 3.05) is 0 Å². The zero-order chi connectivity index (χ0) is 10.9. The second-order valence-electron chi connectivity index (χ2n) is 3.58. The van der Waals surface area contributed by atoms with Gasteiger partial charge >= 0.3 is 6.03 Å². The number of carbonyl (C=O) groups is 3. The first-order chi connectivity index (χ1) is 6.43. The summed E-state index contributed by atoms with van der Waals surface area (Å²) < 4.78 is 0. The molecule has 0 aromatic heterocycles. The molecule has 76 valence electrons. The molecule has 14 heavy (non-hydrogen) atoms. The molecule has 1 aliphatic rings. The highest BCUT2D eigenvalue weighted by Gasteiger charge is 2.34. The Labute approximate surface area is 81.5 Å². The molecular formula is C9H12N2O3. The lowest BCUT2D eigenvalue weighted by atomic mass is 10.0. The van der Waals surface area contributed by atoms with Crippen LogP contribution in [0.4, 0.5) is 4.79 Å². The Morgan fingerprint density at radius 1 is 1.50 bits per heavy atom. The summed E-state index contributed by atoms with van der Waals surface area (Å²) in [5.41, 5.74) is 5.23. The van der Waals surface area contributed by atoms with Crippen molar-refractivity contribution >= 4 is 17.8 Å². The summed E-state index contributed by atoms with van der Waals surface area (Å²) in [6.07, 6.45) is 1.65. The molecule has 0 bridgehead atoms. The van der Waals surface area contributed by atoms with Crippen LogP contribution in [0.15, 0.2) is 11.6 Å². The first-order valence-electron chi connectivity index (χ1n) is 4.32. The van der Waals surface area contributed by atoms with Gasteiger partial charge in [-0.05, 0) is 12.3 Å². The predicted octanol–water partition coefficient (Wildman–Crippen LogP) is 0.406. The van der Waals surface area contributed by atoms with Crippen LogP contribution in [-0.4, -0.2) is 22.7 Å². The van der Waals surface area contributed by atoms with E-state index in [0.717, 1.165) is 0 Å². The summed E-state index contributed by atoms with van der Waals surface area (Å²) in [5, 5.41) is 0. The lowest BCUT2D eigenvalue weighted by Crippen LogP contribution is -2.40. The van der Waals surface area contributed by atoms with Crippen molar-refractivity contribution in [3.8, 4) is 0 Å². The molecule has 0 saturated carbocycles. The number of imide groups is 3. The number of rotatable bonds is 2. The third-order valence-corrected chi connectivity index (χ3v) is 1.84. The van der Waals surface area contributed by atoms with E-state index < -0.39 is 17.8 Å². The molecule has 1 aliphatic heterocycles. The highest BCUT2D eigenvalue weighted by molar-refractivity contribution is 6.24. The summed E-state index contributed by atoms with van der Waals surface area (Å²) in [7, 11) is 0. The van der Waals surface area contributed by atoms with Crippen LogP contribution in [-0.2, 0) is 9.59 Å². The molecule has 4 amide bonds. The fourth-order valence-corrected chi connectivity index (χ4v) is 1.31. The van der Waals surface area contributed by atoms with Crippen LogP contribution in [0.3, 0.4) is 0 Å². The summed E-state index contributed by atoms with van der Waals surface area (Å²) in [6.45, 7) is 3.84. The highest BCUT2D eigenvalue weighted by Crippen LogP contribution is 2.19. The van der Waals surface area contributed by atoms with Gasteiger partial charge in [-0.15, -0.1) is 0 Å². The Bertz CT molecular complexity index is 331. The maximum absolute atomic E-state index is 11.4. The Morgan fingerprint density at radius 3 is 2.43 bits per heavy atom. The number of primary amides is 1. The molecule has 0 aliphatic carbocycles. The van der Waals surface area contributed by atoms with Crippen LogP contribution in [0.5, 0.6) is 0 Å². The van der Waals surface area contributed by atoms with E-state index in [0.29, 0.717) is 16.9 Å². The molecule has 0 aromatic rings. The van der Waals surface area contributed by atoms with Crippen LogP contribution >= 0.6 is 0 Å². The Hall–Kier alpha value is -1.65. The van der Waals surface area contributed by atoms with E-state index in [4.69, 9.17) is 5.73 Å². The van der Waals surface area contributed by atoms with E-state index >= 15 is 0 Å². The van der Waals surface area contributed by atoms with E-state index in [1.807, 2.05) is 13.8 Å². The lowest BCUT2D eigenvalue weighted by molar-refractivity contribution is -0.133. The van der Waals surface area contributed by atoms with Gasteiger partial charge in [0.25, 0.3) is 11.8 Å². The van der Waals surface area contributed by atoms with Crippen molar-refractivity contribution < 1.29 is 14.4 Å². The second kappa shape index (κ2) is 3.61. The zero-order valence-corrected chi connectivity index (χ0v) is 8.11. The average molecular weight is 196 g/mol. The molecule has 5 heteroatoms. The number of carbonyl (C=O) groups excluding carboxylic acids is 3. The topological polar surface area (TPSA) is 80.5 Å². The maximum atomic E-state index is 11.4. The third-order valence-electron chi connectivity index (χ3n) is 1.84. The van der Waals surface area contributed by atoms with Gasteiger partial charge in [0.15, 0.2) is 0 Å². The molecule has 0 fully saturated rings. The van der Waals surface area contributed by atoms with E-state index in [1.54, 1.807) is 0 Å². The molecule has 0 aromatic carbocycles. The molecule has 0 spiro atoms. The van der Waals surface area contributed by atoms with Crippen molar-refractivity contribution in [2.24, 2.45) is 11.7 Å². The van der Waals surface area contributed by atoms with Gasteiger partial charge in [-0.25, -0.2) is 4.79 Å². The Balaban J connectivity index is 2.84. The van der Waals surface area contributed by atoms with Gasteiger partial charge < -0.3 is 5.73 Å². The summed E-state index contributed by atoms with van der Waals surface area (Å²) in [5.74, 6) is -0.972.